The van der Waals surface area contributed by atoms with Gasteiger partial charge in [-0.2, -0.15) is 0 Å². The van der Waals surface area contributed by atoms with Gasteiger partial charge in [0, 0.05) is 0 Å². The molecule has 0 N–H and O–H groups in total. The van der Waals surface area contributed by atoms with Crippen LogP contribution in [0.2, 0.25) is 0 Å². The summed E-state index contributed by atoms with van der Waals surface area (Å²) in [6.07, 6.45) is 4.71. The van der Waals surface area contributed by atoms with E-state index in [-0.39, 0.29) is 5.97 Å². The smallest absolute Gasteiger partial charge is 0.337 e. The predicted molar refractivity (Wildman–Crippen MR) is 70.2 cm³/mol. The van der Waals surface area contributed by atoms with Crippen LogP contribution >= 0.6 is 0 Å². The van der Waals surface area contributed by atoms with Gasteiger partial charge in [0.25, 0.3) is 0 Å². The zero-order chi connectivity index (χ0) is 12.7. The number of esters is 1. The van der Waals surface area contributed by atoms with Gasteiger partial charge >= 0.3 is 5.97 Å². The van der Waals surface area contributed by atoms with Crippen LogP contribution in [0.4, 0.5) is 0 Å². The van der Waals surface area contributed by atoms with E-state index in [2.05, 4.69) is 19.9 Å². The normalized spacial score (nSPS) is 12.2. The van der Waals surface area contributed by atoms with Gasteiger partial charge in [-0.3, -0.25) is 0 Å². The average Bonchev–Trinajstić information content (AvgIpc) is 2.37. The van der Waals surface area contributed by atoms with Crippen LogP contribution in [-0.4, -0.2) is 13.1 Å². The van der Waals surface area contributed by atoms with E-state index in [1.807, 2.05) is 12.1 Å². The van der Waals surface area contributed by atoms with Crippen molar-refractivity contribution in [2.45, 2.75) is 39.5 Å². The number of rotatable bonds is 6. The van der Waals surface area contributed by atoms with E-state index >= 15 is 0 Å². The van der Waals surface area contributed by atoms with Gasteiger partial charge in [-0.1, -0.05) is 45.2 Å². The Kier molecular flexibility index (Phi) is 5.75. The molecule has 0 amide bonds. The standard InChI is InChI=1S/C15H22O2/c1-4-7-12(5-2)10-13-8-6-9-14(11-13)15(16)17-3/h6,8-9,11-12H,4-5,7,10H2,1-3H3. The SMILES string of the molecule is CCCC(CC)Cc1cccc(C(=O)OC)c1. The molecule has 0 saturated heterocycles. The van der Waals surface area contributed by atoms with Gasteiger partial charge in [-0.05, 0) is 30.0 Å². The Labute approximate surface area is 104 Å². The summed E-state index contributed by atoms with van der Waals surface area (Å²) in [6.45, 7) is 4.44. The zero-order valence-electron chi connectivity index (χ0n) is 11.0. The van der Waals surface area contributed by atoms with Gasteiger partial charge in [-0.15, -0.1) is 0 Å². The van der Waals surface area contributed by atoms with Crippen LogP contribution in [0.3, 0.4) is 0 Å². The molecule has 0 heterocycles. The molecule has 1 aromatic rings. The van der Waals surface area contributed by atoms with Crippen molar-refractivity contribution in [3.05, 3.63) is 35.4 Å². The van der Waals surface area contributed by atoms with Gasteiger partial charge in [0.1, 0.15) is 0 Å². The summed E-state index contributed by atoms with van der Waals surface area (Å²) in [5, 5.41) is 0. The fourth-order valence-corrected chi connectivity index (χ4v) is 2.14. The fourth-order valence-electron chi connectivity index (χ4n) is 2.14. The Balaban J connectivity index is 2.74. The molecule has 0 bridgehead atoms. The molecule has 1 atom stereocenters. The minimum Gasteiger partial charge on any atom is -0.465 e. The van der Waals surface area contributed by atoms with Crippen molar-refractivity contribution >= 4 is 5.97 Å². The van der Waals surface area contributed by atoms with Crippen LogP contribution in [0.25, 0.3) is 0 Å². The summed E-state index contributed by atoms with van der Waals surface area (Å²) in [4.78, 5) is 11.4. The molecule has 94 valence electrons. The van der Waals surface area contributed by atoms with Crippen molar-refractivity contribution in [1.82, 2.24) is 0 Å². The molecule has 1 rings (SSSR count). The monoisotopic (exact) mass is 234 g/mol. The summed E-state index contributed by atoms with van der Waals surface area (Å²) >= 11 is 0. The molecule has 2 heteroatoms. The van der Waals surface area contributed by atoms with Crippen LogP contribution < -0.4 is 0 Å². The van der Waals surface area contributed by atoms with E-state index in [1.54, 1.807) is 6.07 Å². The van der Waals surface area contributed by atoms with Crippen molar-refractivity contribution in [1.29, 1.82) is 0 Å². The van der Waals surface area contributed by atoms with Crippen LogP contribution in [0.1, 0.15) is 49.0 Å². The first-order valence-electron chi connectivity index (χ1n) is 6.38. The third-order valence-electron chi connectivity index (χ3n) is 3.15. The van der Waals surface area contributed by atoms with Crippen molar-refractivity contribution < 1.29 is 9.53 Å². The number of hydrogen-bond acceptors (Lipinski definition) is 2. The second-order valence-electron chi connectivity index (χ2n) is 4.46. The molecule has 0 saturated carbocycles. The van der Waals surface area contributed by atoms with Crippen molar-refractivity contribution in [2.24, 2.45) is 5.92 Å². The number of methoxy groups -OCH3 is 1. The number of benzene rings is 1. The van der Waals surface area contributed by atoms with Gasteiger partial charge < -0.3 is 4.74 Å². The summed E-state index contributed by atoms with van der Waals surface area (Å²) in [7, 11) is 1.42. The zero-order valence-corrected chi connectivity index (χ0v) is 11.0. The highest BCUT2D eigenvalue weighted by Crippen LogP contribution is 2.18. The summed E-state index contributed by atoms with van der Waals surface area (Å²) in [5.74, 6) is 0.461. The fraction of sp³-hybridized carbons (Fsp3) is 0.533. The Morgan fingerprint density at radius 1 is 1.35 bits per heavy atom. The van der Waals surface area contributed by atoms with E-state index < -0.39 is 0 Å². The lowest BCUT2D eigenvalue weighted by molar-refractivity contribution is 0.0600. The number of carbonyl (C=O) groups is 1. The Morgan fingerprint density at radius 3 is 2.71 bits per heavy atom. The van der Waals surface area contributed by atoms with Gasteiger partial charge in [0.2, 0.25) is 0 Å². The van der Waals surface area contributed by atoms with E-state index in [0.29, 0.717) is 11.5 Å². The van der Waals surface area contributed by atoms with Crippen molar-refractivity contribution in [3.8, 4) is 0 Å². The van der Waals surface area contributed by atoms with E-state index in [0.717, 1.165) is 6.42 Å². The first-order valence-corrected chi connectivity index (χ1v) is 6.38. The Morgan fingerprint density at radius 2 is 2.12 bits per heavy atom. The van der Waals surface area contributed by atoms with Gasteiger partial charge in [-0.25, -0.2) is 4.79 Å². The number of carbonyl (C=O) groups excluding carboxylic acids is 1. The highest BCUT2D eigenvalue weighted by Gasteiger charge is 2.09. The second kappa shape index (κ2) is 7.10. The van der Waals surface area contributed by atoms with E-state index in [4.69, 9.17) is 4.74 Å². The lowest BCUT2D eigenvalue weighted by Gasteiger charge is -2.14. The molecule has 0 aliphatic carbocycles. The molecule has 1 unspecified atom stereocenters. The molecule has 0 fully saturated rings. The molecule has 2 nitrogen and oxygen atoms in total. The Hall–Kier alpha value is -1.31. The molecule has 0 radical (unpaired) electrons. The van der Waals surface area contributed by atoms with Gasteiger partial charge in [0.05, 0.1) is 12.7 Å². The van der Waals surface area contributed by atoms with Crippen molar-refractivity contribution in [3.63, 3.8) is 0 Å². The maximum absolute atomic E-state index is 11.4. The van der Waals surface area contributed by atoms with Crippen molar-refractivity contribution in [2.75, 3.05) is 7.11 Å². The third kappa shape index (κ3) is 4.22. The first-order chi connectivity index (χ1) is 8.21. The lowest BCUT2D eigenvalue weighted by atomic mass is 9.92. The number of hydrogen-bond donors (Lipinski definition) is 0. The number of ether oxygens (including phenoxy) is 1. The van der Waals surface area contributed by atoms with Gasteiger partial charge in [0.15, 0.2) is 0 Å². The molecule has 0 aliphatic rings. The molecular formula is C15H22O2. The summed E-state index contributed by atoms with van der Waals surface area (Å²) in [5.41, 5.74) is 1.88. The summed E-state index contributed by atoms with van der Waals surface area (Å²) < 4.78 is 4.73. The molecule has 0 spiro atoms. The largest absolute Gasteiger partial charge is 0.465 e. The minimum absolute atomic E-state index is 0.254. The highest BCUT2D eigenvalue weighted by molar-refractivity contribution is 5.89. The topological polar surface area (TPSA) is 26.3 Å². The van der Waals surface area contributed by atoms with Crippen LogP contribution in [0, 0.1) is 5.92 Å². The molecule has 17 heavy (non-hydrogen) atoms. The Bertz CT molecular complexity index is 358. The second-order valence-corrected chi connectivity index (χ2v) is 4.46. The van der Waals surface area contributed by atoms with Crippen LogP contribution in [-0.2, 0) is 11.2 Å². The predicted octanol–water partition coefficient (Wildman–Crippen LogP) is 3.84. The van der Waals surface area contributed by atoms with Crippen LogP contribution in [0.5, 0.6) is 0 Å². The molecule has 0 aromatic heterocycles. The third-order valence-corrected chi connectivity index (χ3v) is 3.15. The first kappa shape index (κ1) is 13.8. The van der Waals surface area contributed by atoms with E-state index in [9.17, 15) is 4.79 Å². The van der Waals surface area contributed by atoms with E-state index in [1.165, 1.54) is 31.9 Å². The maximum Gasteiger partial charge on any atom is 0.337 e. The molecular weight excluding hydrogens is 212 g/mol. The molecule has 0 aliphatic heterocycles. The molecule has 1 aromatic carbocycles. The maximum atomic E-state index is 11.4. The quantitative estimate of drug-likeness (QED) is 0.699. The minimum atomic E-state index is -0.254. The summed E-state index contributed by atoms with van der Waals surface area (Å²) in [6, 6.07) is 7.77. The lowest BCUT2D eigenvalue weighted by Crippen LogP contribution is -2.05. The average molecular weight is 234 g/mol. The van der Waals surface area contributed by atoms with Crippen LogP contribution in [0.15, 0.2) is 24.3 Å². The highest BCUT2D eigenvalue weighted by atomic mass is 16.5.